The topological polar surface area (TPSA) is 30.7 Å². The van der Waals surface area contributed by atoms with Gasteiger partial charge in [0.15, 0.2) is 0 Å². The first-order chi connectivity index (χ1) is 14.7. The van der Waals surface area contributed by atoms with Gasteiger partial charge in [0.2, 0.25) is 5.28 Å². The second-order valence-corrected chi connectivity index (χ2v) is 7.30. The number of halogens is 1. The van der Waals surface area contributed by atoms with E-state index in [-0.39, 0.29) is 5.28 Å². The van der Waals surface area contributed by atoms with Gasteiger partial charge in [-0.05, 0) is 41.9 Å². The van der Waals surface area contributed by atoms with E-state index in [0.717, 1.165) is 22.5 Å². The van der Waals surface area contributed by atoms with Crippen LogP contribution in [0.5, 0.6) is 0 Å². The van der Waals surface area contributed by atoms with Crippen molar-refractivity contribution in [2.45, 2.75) is 0 Å². The standard InChI is InChI=1S/C26H18ClN3/c1-3-19-22(4-2)28-26(27)29-25(19)17-13-15-18(16-14-17)30-23-11-7-5-9-20(23)21-10-6-8-12-24(21)30/h3-16H,1-2H2. The second-order valence-electron chi connectivity index (χ2n) is 6.96. The summed E-state index contributed by atoms with van der Waals surface area (Å²) in [5.74, 6) is 0. The van der Waals surface area contributed by atoms with Crippen LogP contribution in [0.25, 0.3) is 50.9 Å². The van der Waals surface area contributed by atoms with Gasteiger partial charge in [-0.1, -0.05) is 67.8 Å². The highest BCUT2D eigenvalue weighted by Crippen LogP contribution is 2.33. The largest absolute Gasteiger partial charge is 0.309 e. The predicted octanol–water partition coefficient (Wildman–Crippen LogP) is 7.18. The quantitative estimate of drug-likeness (QED) is 0.295. The molecule has 2 heterocycles. The maximum absolute atomic E-state index is 6.14. The molecule has 0 saturated heterocycles. The minimum Gasteiger partial charge on any atom is -0.309 e. The van der Waals surface area contributed by atoms with Crippen LogP contribution in [0.4, 0.5) is 0 Å². The molecule has 0 aliphatic carbocycles. The molecule has 5 rings (SSSR count). The maximum Gasteiger partial charge on any atom is 0.223 e. The highest BCUT2D eigenvalue weighted by molar-refractivity contribution is 6.28. The summed E-state index contributed by atoms with van der Waals surface area (Å²) >= 11 is 6.14. The van der Waals surface area contributed by atoms with Gasteiger partial charge in [0.05, 0.1) is 22.4 Å². The van der Waals surface area contributed by atoms with Crippen molar-refractivity contribution in [3.05, 3.63) is 102 Å². The summed E-state index contributed by atoms with van der Waals surface area (Å²) in [6.45, 7) is 7.73. The molecule has 0 radical (unpaired) electrons. The zero-order chi connectivity index (χ0) is 20.7. The van der Waals surface area contributed by atoms with E-state index in [1.54, 1.807) is 12.2 Å². The van der Waals surface area contributed by atoms with Crippen molar-refractivity contribution in [2.24, 2.45) is 0 Å². The van der Waals surface area contributed by atoms with E-state index in [1.165, 1.54) is 21.8 Å². The number of fused-ring (bicyclic) bond motifs is 3. The van der Waals surface area contributed by atoms with Gasteiger partial charge >= 0.3 is 0 Å². The Morgan fingerprint density at radius 2 is 1.33 bits per heavy atom. The van der Waals surface area contributed by atoms with Crippen LogP contribution in [0.3, 0.4) is 0 Å². The molecule has 5 aromatic rings. The third kappa shape index (κ3) is 2.83. The zero-order valence-electron chi connectivity index (χ0n) is 16.2. The Morgan fingerprint density at radius 1 is 0.733 bits per heavy atom. The van der Waals surface area contributed by atoms with Gasteiger partial charge in [0, 0.05) is 27.6 Å². The third-order valence-corrected chi connectivity index (χ3v) is 5.49. The molecule has 0 saturated carbocycles. The lowest BCUT2D eigenvalue weighted by atomic mass is 10.0. The number of para-hydroxylation sites is 2. The van der Waals surface area contributed by atoms with E-state index in [4.69, 9.17) is 11.6 Å². The molecule has 0 aliphatic heterocycles. The smallest absolute Gasteiger partial charge is 0.223 e. The maximum atomic E-state index is 6.14. The highest BCUT2D eigenvalue weighted by Gasteiger charge is 2.14. The van der Waals surface area contributed by atoms with E-state index in [0.29, 0.717) is 5.69 Å². The van der Waals surface area contributed by atoms with Gasteiger partial charge in [-0.3, -0.25) is 0 Å². The first-order valence-electron chi connectivity index (χ1n) is 9.62. The lowest BCUT2D eigenvalue weighted by molar-refractivity contribution is 1.14. The second kappa shape index (κ2) is 7.29. The first-order valence-corrected chi connectivity index (χ1v) is 10.0. The summed E-state index contributed by atoms with van der Waals surface area (Å²) in [5.41, 5.74) is 6.62. The molecule has 30 heavy (non-hydrogen) atoms. The lowest BCUT2D eigenvalue weighted by Crippen LogP contribution is -1.98. The third-order valence-electron chi connectivity index (χ3n) is 5.32. The molecule has 0 atom stereocenters. The molecule has 0 N–H and O–H groups in total. The molecule has 0 spiro atoms. The minimum atomic E-state index is 0.192. The van der Waals surface area contributed by atoms with Gasteiger partial charge in [-0.2, -0.15) is 0 Å². The lowest BCUT2D eigenvalue weighted by Gasteiger charge is -2.11. The van der Waals surface area contributed by atoms with Gasteiger partial charge in [-0.15, -0.1) is 0 Å². The van der Waals surface area contributed by atoms with Crippen molar-refractivity contribution < 1.29 is 0 Å². The average molecular weight is 408 g/mol. The predicted molar refractivity (Wildman–Crippen MR) is 127 cm³/mol. The SMILES string of the molecule is C=Cc1nc(Cl)nc(-c2ccc(-n3c4ccccc4c4ccccc43)cc2)c1C=C. The zero-order valence-corrected chi connectivity index (χ0v) is 17.0. The van der Waals surface area contributed by atoms with Crippen molar-refractivity contribution in [2.75, 3.05) is 0 Å². The van der Waals surface area contributed by atoms with Crippen molar-refractivity contribution >= 4 is 45.6 Å². The van der Waals surface area contributed by atoms with E-state index in [1.807, 2.05) is 0 Å². The molecule has 0 aliphatic rings. The van der Waals surface area contributed by atoms with Crippen LogP contribution in [0.1, 0.15) is 11.3 Å². The molecule has 4 heteroatoms. The molecule has 3 aromatic carbocycles. The molecule has 0 unspecified atom stereocenters. The monoisotopic (exact) mass is 407 g/mol. The van der Waals surface area contributed by atoms with Crippen molar-refractivity contribution in [1.29, 1.82) is 0 Å². The number of nitrogens with zero attached hydrogens (tertiary/aromatic N) is 3. The van der Waals surface area contributed by atoms with E-state index in [9.17, 15) is 0 Å². The molecule has 144 valence electrons. The van der Waals surface area contributed by atoms with Crippen LogP contribution < -0.4 is 0 Å². The number of aromatic nitrogens is 3. The molecule has 0 fully saturated rings. The van der Waals surface area contributed by atoms with E-state index in [2.05, 4.69) is 100 Å². The summed E-state index contributed by atoms with van der Waals surface area (Å²) in [5, 5.41) is 2.67. The fraction of sp³-hybridized carbons (Fsp3) is 0. The van der Waals surface area contributed by atoms with Crippen molar-refractivity contribution in [3.8, 4) is 16.9 Å². The Morgan fingerprint density at radius 3 is 1.90 bits per heavy atom. The van der Waals surface area contributed by atoms with Crippen LogP contribution in [-0.4, -0.2) is 14.5 Å². The normalized spacial score (nSPS) is 11.1. The number of rotatable bonds is 4. The van der Waals surface area contributed by atoms with Crippen LogP contribution in [0.15, 0.2) is 86.0 Å². The fourth-order valence-electron chi connectivity index (χ4n) is 4.00. The summed E-state index contributed by atoms with van der Waals surface area (Å²) in [4.78, 5) is 8.68. The molecule has 0 amide bonds. The number of hydrogen-bond donors (Lipinski definition) is 0. The Bertz CT molecular complexity index is 1380. The van der Waals surface area contributed by atoms with Gasteiger partial charge < -0.3 is 4.57 Å². The first kappa shape index (κ1) is 18.3. The van der Waals surface area contributed by atoms with E-state index >= 15 is 0 Å². The molecular formula is C26H18ClN3. The Balaban J connectivity index is 1.70. The molecule has 3 nitrogen and oxygen atoms in total. The van der Waals surface area contributed by atoms with Crippen LogP contribution in [0, 0.1) is 0 Å². The Hall–Kier alpha value is -3.69. The van der Waals surface area contributed by atoms with Crippen LogP contribution in [-0.2, 0) is 0 Å². The van der Waals surface area contributed by atoms with Crippen LogP contribution >= 0.6 is 11.6 Å². The number of benzene rings is 3. The summed E-state index contributed by atoms with van der Waals surface area (Å²) in [6.07, 6.45) is 3.41. The van der Waals surface area contributed by atoms with Crippen molar-refractivity contribution in [1.82, 2.24) is 14.5 Å². The summed E-state index contributed by atoms with van der Waals surface area (Å²) in [6, 6.07) is 25.2. The van der Waals surface area contributed by atoms with E-state index < -0.39 is 0 Å². The average Bonchev–Trinajstić information content (AvgIpc) is 3.13. The molecule has 2 aromatic heterocycles. The van der Waals surface area contributed by atoms with Gasteiger partial charge in [0.1, 0.15) is 0 Å². The number of hydrogen-bond acceptors (Lipinski definition) is 2. The van der Waals surface area contributed by atoms with Gasteiger partial charge in [0.25, 0.3) is 0 Å². The van der Waals surface area contributed by atoms with Crippen LogP contribution in [0.2, 0.25) is 5.28 Å². The Labute approximate surface area is 179 Å². The summed E-state index contributed by atoms with van der Waals surface area (Å²) in [7, 11) is 0. The molecular weight excluding hydrogens is 390 g/mol. The Kier molecular flexibility index (Phi) is 4.46. The summed E-state index contributed by atoms with van der Waals surface area (Å²) < 4.78 is 2.28. The highest BCUT2D eigenvalue weighted by atomic mass is 35.5. The molecule has 0 bridgehead atoms. The fourth-order valence-corrected chi connectivity index (χ4v) is 4.18. The van der Waals surface area contributed by atoms with Crippen molar-refractivity contribution in [3.63, 3.8) is 0 Å². The minimum absolute atomic E-state index is 0.192. The van der Waals surface area contributed by atoms with Gasteiger partial charge in [-0.25, -0.2) is 9.97 Å².